The molecule has 0 amide bonds. The number of Topliss-reactive ketones (excluding diaryl/α,β-unsaturated/α-hetero) is 1. The van der Waals surface area contributed by atoms with E-state index in [4.69, 9.17) is 11.6 Å². The maximum atomic E-state index is 12.1. The van der Waals surface area contributed by atoms with Gasteiger partial charge in [-0.3, -0.25) is 4.79 Å². The van der Waals surface area contributed by atoms with Crippen LogP contribution in [0.2, 0.25) is 4.34 Å². The van der Waals surface area contributed by atoms with Gasteiger partial charge in [0.15, 0.2) is 10.1 Å². The van der Waals surface area contributed by atoms with E-state index in [0.29, 0.717) is 9.21 Å². The lowest BCUT2D eigenvalue weighted by molar-refractivity contribution is 0.0998. The molecule has 0 N–H and O–H groups in total. The molecule has 2 aromatic heterocycles. The molecule has 0 bridgehead atoms. The van der Waals surface area contributed by atoms with Crippen LogP contribution in [-0.4, -0.2) is 20.4 Å². The third kappa shape index (κ3) is 3.32. The van der Waals surface area contributed by atoms with Crippen molar-refractivity contribution in [1.82, 2.24) is 9.36 Å². The van der Waals surface area contributed by atoms with Crippen molar-refractivity contribution >= 4 is 52.0 Å². The highest BCUT2D eigenvalue weighted by molar-refractivity contribution is 8.02. The summed E-state index contributed by atoms with van der Waals surface area (Å²) in [6.45, 7) is 3.90. The molecule has 0 aliphatic heterocycles. The van der Waals surface area contributed by atoms with Gasteiger partial charge in [-0.2, -0.15) is 4.37 Å². The minimum atomic E-state index is -0.169. The Labute approximate surface area is 123 Å². The van der Waals surface area contributed by atoms with Crippen LogP contribution in [0.15, 0.2) is 16.5 Å². The summed E-state index contributed by atoms with van der Waals surface area (Å²) in [4.78, 5) is 17.2. The number of halogens is 1. The number of rotatable bonds is 5. The third-order valence-corrected chi connectivity index (χ3v) is 5.40. The van der Waals surface area contributed by atoms with E-state index < -0.39 is 0 Å². The highest BCUT2D eigenvalue weighted by Gasteiger charge is 2.19. The number of aryl methyl sites for hydroxylation is 1. The first-order valence-electron chi connectivity index (χ1n) is 5.39. The number of hydrogen-bond donors (Lipinski definition) is 0. The van der Waals surface area contributed by atoms with Crippen molar-refractivity contribution in [2.24, 2.45) is 0 Å². The summed E-state index contributed by atoms with van der Waals surface area (Å²) in [7, 11) is 0. The van der Waals surface area contributed by atoms with E-state index in [2.05, 4.69) is 9.36 Å². The van der Waals surface area contributed by atoms with Gasteiger partial charge in [0, 0.05) is 6.42 Å². The molecule has 2 heterocycles. The van der Waals surface area contributed by atoms with E-state index in [1.807, 2.05) is 13.8 Å². The van der Waals surface area contributed by atoms with Gasteiger partial charge in [0.1, 0.15) is 5.82 Å². The molecule has 1 unspecified atom stereocenters. The van der Waals surface area contributed by atoms with E-state index in [1.54, 1.807) is 12.1 Å². The fourth-order valence-electron chi connectivity index (χ4n) is 1.28. The average Bonchev–Trinajstić information content (AvgIpc) is 2.97. The van der Waals surface area contributed by atoms with Gasteiger partial charge >= 0.3 is 0 Å². The second-order valence-corrected chi connectivity index (χ2v) is 7.61. The zero-order chi connectivity index (χ0) is 13.1. The first-order chi connectivity index (χ1) is 8.60. The van der Waals surface area contributed by atoms with Crippen molar-refractivity contribution in [1.29, 1.82) is 0 Å². The molecule has 2 aromatic rings. The summed E-state index contributed by atoms with van der Waals surface area (Å²) in [5.74, 6) is 0.923. The minimum Gasteiger partial charge on any atom is -0.292 e. The normalized spacial score (nSPS) is 12.6. The Morgan fingerprint density at radius 1 is 1.56 bits per heavy atom. The summed E-state index contributed by atoms with van der Waals surface area (Å²) in [6, 6.07) is 3.51. The van der Waals surface area contributed by atoms with Gasteiger partial charge in [0.25, 0.3) is 0 Å². The Morgan fingerprint density at radius 2 is 2.33 bits per heavy atom. The number of hydrogen-bond acceptors (Lipinski definition) is 6. The number of carbonyl (C=O) groups excluding carboxylic acids is 1. The second-order valence-electron chi connectivity index (χ2n) is 3.56. The average molecular weight is 319 g/mol. The van der Waals surface area contributed by atoms with Crippen LogP contribution in [0.25, 0.3) is 0 Å². The molecule has 0 aliphatic carbocycles. The van der Waals surface area contributed by atoms with Gasteiger partial charge in [0.05, 0.1) is 14.5 Å². The molecule has 0 spiro atoms. The lowest BCUT2D eigenvalue weighted by atomic mass is 10.2. The Hall–Kier alpha value is -0.430. The highest BCUT2D eigenvalue weighted by atomic mass is 35.5. The molecular formula is C11H11ClN2OS3. The molecule has 3 nitrogen and oxygen atoms in total. The van der Waals surface area contributed by atoms with Crippen LogP contribution in [0.4, 0.5) is 0 Å². The zero-order valence-electron chi connectivity index (χ0n) is 9.84. The van der Waals surface area contributed by atoms with E-state index >= 15 is 0 Å². The number of thioether (sulfide) groups is 1. The van der Waals surface area contributed by atoms with Crippen molar-refractivity contribution in [3.63, 3.8) is 0 Å². The van der Waals surface area contributed by atoms with Crippen LogP contribution >= 0.6 is 46.2 Å². The van der Waals surface area contributed by atoms with Gasteiger partial charge in [0.2, 0.25) is 0 Å². The standard InChI is InChI=1S/C11H11ClN2OS3/c1-3-9-13-11(18-14-9)16-6(2)10(15)7-4-5-8(12)17-7/h4-6H,3H2,1-2H3. The fraction of sp³-hybridized carbons (Fsp3) is 0.364. The molecular weight excluding hydrogens is 308 g/mol. The van der Waals surface area contributed by atoms with Crippen molar-refractivity contribution in [2.75, 3.05) is 0 Å². The number of thiophene rings is 1. The van der Waals surface area contributed by atoms with E-state index in [9.17, 15) is 4.79 Å². The van der Waals surface area contributed by atoms with Gasteiger partial charge in [-0.25, -0.2) is 4.98 Å². The maximum absolute atomic E-state index is 12.1. The van der Waals surface area contributed by atoms with Crippen LogP contribution in [0.1, 0.15) is 29.3 Å². The summed E-state index contributed by atoms with van der Waals surface area (Å²) in [5, 5.41) is -0.169. The summed E-state index contributed by atoms with van der Waals surface area (Å²) < 4.78 is 5.69. The van der Waals surface area contributed by atoms with Crippen LogP contribution in [0.5, 0.6) is 0 Å². The van der Waals surface area contributed by atoms with E-state index in [-0.39, 0.29) is 11.0 Å². The van der Waals surface area contributed by atoms with Gasteiger partial charge in [-0.1, -0.05) is 30.3 Å². The summed E-state index contributed by atoms with van der Waals surface area (Å²) >= 11 is 9.94. The van der Waals surface area contributed by atoms with Crippen LogP contribution in [0.3, 0.4) is 0 Å². The van der Waals surface area contributed by atoms with Crippen LogP contribution in [0, 0.1) is 0 Å². The van der Waals surface area contributed by atoms with Crippen molar-refractivity contribution < 1.29 is 4.79 Å². The monoisotopic (exact) mass is 318 g/mol. The molecule has 0 saturated heterocycles. The molecule has 96 valence electrons. The van der Waals surface area contributed by atoms with Gasteiger partial charge in [-0.15, -0.1) is 11.3 Å². The van der Waals surface area contributed by atoms with Crippen molar-refractivity contribution in [3.8, 4) is 0 Å². The maximum Gasteiger partial charge on any atom is 0.185 e. The van der Waals surface area contributed by atoms with Gasteiger partial charge in [-0.05, 0) is 30.6 Å². The van der Waals surface area contributed by atoms with Crippen LogP contribution in [-0.2, 0) is 6.42 Å². The van der Waals surface area contributed by atoms with E-state index in [0.717, 1.165) is 16.6 Å². The summed E-state index contributed by atoms with van der Waals surface area (Å²) in [6.07, 6.45) is 0.819. The molecule has 0 radical (unpaired) electrons. The SMILES string of the molecule is CCc1nsc(SC(C)C(=O)c2ccc(Cl)s2)n1. The molecule has 7 heteroatoms. The summed E-state index contributed by atoms with van der Waals surface area (Å²) in [5.41, 5.74) is 0. The molecule has 18 heavy (non-hydrogen) atoms. The second kappa shape index (κ2) is 6.14. The Morgan fingerprint density at radius 3 is 2.89 bits per heavy atom. The molecule has 0 fully saturated rings. The third-order valence-electron chi connectivity index (χ3n) is 2.23. The first-order valence-corrected chi connectivity index (χ1v) is 8.23. The molecule has 0 aliphatic rings. The topological polar surface area (TPSA) is 42.9 Å². The highest BCUT2D eigenvalue weighted by Crippen LogP contribution is 2.30. The number of aromatic nitrogens is 2. The smallest absolute Gasteiger partial charge is 0.185 e. The Bertz CT molecular complexity index is 552. The van der Waals surface area contributed by atoms with Crippen molar-refractivity contribution in [3.05, 3.63) is 27.2 Å². The van der Waals surface area contributed by atoms with Gasteiger partial charge < -0.3 is 0 Å². The van der Waals surface area contributed by atoms with E-state index in [1.165, 1.54) is 34.6 Å². The molecule has 1 atom stereocenters. The quantitative estimate of drug-likeness (QED) is 0.612. The van der Waals surface area contributed by atoms with Crippen molar-refractivity contribution in [2.45, 2.75) is 29.9 Å². The zero-order valence-corrected chi connectivity index (χ0v) is 13.0. The lowest BCUT2D eigenvalue weighted by Crippen LogP contribution is -2.11. The molecule has 2 rings (SSSR count). The number of carbonyl (C=O) groups is 1. The predicted molar refractivity (Wildman–Crippen MR) is 78.3 cm³/mol. The largest absolute Gasteiger partial charge is 0.292 e. The first kappa shape index (κ1) is 14.0. The Balaban J connectivity index is 2.03. The van der Waals surface area contributed by atoms with Crippen LogP contribution < -0.4 is 0 Å². The molecule has 0 aromatic carbocycles. The number of nitrogens with zero attached hydrogens (tertiary/aromatic N) is 2. The number of ketones is 1. The predicted octanol–water partition coefficient (Wildman–Crippen LogP) is 4.18. The molecule has 0 saturated carbocycles. The lowest BCUT2D eigenvalue weighted by Gasteiger charge is -2.05. The fourth-order valence-corrected chi connectivity index (χ4v) is 4.34. The minimum absolute atomic E-state index is 0.0881. The Kier molecular flexibility index (Phi) is 4.77.